The first-order valence-corrected chi connectivity index (χ1v) is 8.49. The maximum absolute atomic E-state index is 5.27. The standard InChI is InChI=1S/C17H31N5O/c1-13(10-22-15(3)8-14(2)20-22)9-19-17(18-4)21-7-6-16(11-21)12-23-5/h8,13,16H,6-7,9-12H2,1-5H3,(H,18,19). The Kier molecular flexibility index (Phi) is 6.45. The van der Waals surface area contributed by atoms with Crippen molar-refractivity contribution in [1.29, 1.82) is 0 Å². The highest BCUT2D eigenvalue weighted by Gasteiger charge is 2.24. The molecule has 23 heavy (non-hydrogen) atoms. The van der Waals surface area contributed by atoms with Crippen molar-refractivity contribution in [3.05, 3.63) is 17.5 Å². The lowest BCUT2D eigenvalue weighted by atomic mass is 10.1. The van der Waals surface area contributed by atoms with Gasteiger partial charge < -0.3 is 15.0 Å². The Hall–Kier alpha value is -1.56. The molecule has 0 radical (unpaired) electrons. The molecule has 2 rings (SSSR count). The molecular formula is C17H31N5O. The largest absolute Gasteiger partial charge is 0.384 e. The van der Waals surface area contributed by atoms with E-state index in [0.29, 0.717) is 11.8 Å². The summed E-state index contributed by atoms with van der Waals surface area (Å²) in [7, 11) is 3.63. The fraction of sp³-hybridized carbons (Fsp3) is 0.765. The van der Waals surface area contributed by atoms with Gasteiger partial charge in [-0.3, -0.25) is 9.67 Å². The number of aromatic nitrogens is 2. The van der Waals surface area contributed by atoms with Crippen LogP contribution in [0, 0.1) is 25.7 Å². The van der Waals surface area contributed by atoms with Crippen molar-refractivity contribution >= 4 is 5.96 Å². The Morgan fingerprint density at radius 2 is 2.30 bits per heavy atom. The molecule has 1 aliphatic rings. The molecule has 0 bridgehead atoms. The van der Waals surface area contributed by atoms with Gasteiger partial charge in [-0.25, -0.2) is 0 Å². The molecule has 0 aromatic carbocycles. The van der Waals surface area contributed by atoms with Crippen molar-refractivity contribution < 1.29 is 4.74 Å². The second-order valence-corrected chi connectivity index (χ2v) is 6.70. The van der Waals surface area contributed by atoms with Crippen molar-refractivity contribution in [2.45, 2.75) is 33.7 Å². The van der Waals surface area contributed by atoms with E-state index in [1.54, 1.807) is 7.11 Å². The number of rotatable bonds is 6. The number of aryl methyl sites for hydroxylation is 2. The average Bonchev–Trinajstić information content (AvgIpc) is 3.07. The third-order valence-electron chi connectivity index (χ3n) is 4.40. The molecule has 1 aliphatic heterocycles. The minimum atomic E-state index is 0.488. The SMILES string of the molecule is CN=C(NCC(C)Cn1nc(C)cc1C)N1CCC(COC)C1. The van der Waals surface area contributed by atoms with Gasteiger partial charge in [0.2, 0.25) is 0 Å². The van der Waals surface area contributed by atoms with E-state index >= 15 is 0 Å². The van der Waals surface area contributed by atoms with Gasteiger partial charge in [0.15, 0.2) is 5.96 Å². The van der Waals surface area contributed by atoms with Crippen molar-refractivity contribution in [1.82, 2.24) is 20.0 Å². The molecule has 2 atom stereocenters. The van der Waals surface area contributed by atoms with Crippen LogP contribution in [0.1, 0.15) is 24.7 Å². The van der Waals surface area contributed by atoms with Crippen LogP contribution in [0.15, 0.2) is 11.1 Å². The summed E-state index contributed by atoms with van der Waals surface area (Å²) in [6.45, 7) is 11.1. The van der Waals surface area contributed by atoms with Crippen LogP contribution in [0.4, 0.5) is 0 Å². The number of nitrogens with one attached hydrogen (secondary N) is 1. The fourth-order valence-corrected chi connectivity index (χ4v) is 3.21. The molecule has 1 fully saturated rings. The summed E-state index contributed by atoms with van der Waals surface area (Å²) < 4.78 is 7.36. The summed E-state index contributed by atoms with van der Waals surface area (Å²) in [5, 5.41) is 8.05. The van der Waals surface area contributed by atoms with Gasteiger partial charge in [-0.05, 0) is 32.3 Å². The smallest absolute Gasteiger partial charge is 0.193 e. The van der Waals surface area contributed by atoms with Crippen LogP contribution in [-0.2, 0) is 11.3 Å². The second-order valence-electron chi connectivity index (χ2n) is 6.70. The summed E-state index contributed by atoms with van der Waals surface area (Å²) in [5.41, 5.74) is 2.31. The molecule has 2 heterocycles. The van der Waals surface area contributed by atoms with Crippen LogP contribution < -0.4 is 5.32 Å². The Morgan fingerprint density at radius 3 is 2.91 bits per heavy atom. The monoisotopic (exact) mass is 321 g/mol. The Morgan fingerprint density at radius 1 is 1.52 bits per heavy atom. The van der Waals surface area contributed by atoms with E-state index in [1.165, 1.54) is 12.1 Å². The molecule has 0 amide bonds. The quantitative estimate of drug-likeness (QED) is 0.640. The molecule has 0 aliphatic carbocycles. The molecule has 130 valence electrons. The van der Waals surface area contributed by atoms with Gasteiger partial charge in [0, 0.05) is 51.9 Å². The molecule has 1 saturated heterocycles. The lowest BCUT2D eigenvalue weighted by molar-refractivity contribution is 0.157. The molecule has 0 saturated carbocycles. The van der Waals surface area contributed by atoms with Crippen LogP contribution in [0.25, 0.3) is 0 Å². The van der Waals surface area contributed by atoms with E-state index in [2.05, 4.69) is 44.9 Å². The first kappa shape index (κ1) is 17.8. The third-order valence-corrected chi connectivity index (χ3v) is 4.40. The number of methoxy groups -OCH3 is 1. The minimum absolute atomic E-state index is 0.488. The van der Waals surface area contributed by atoms with E-state index in [9.17, 15) is 0 Å². The summed E-state index contributed by atoms with van der Waals surface area (Å²) in [6.07, 6.45) is 1.18. The molecule has 1 N–H and O–H groups in total. The van der Waals surface area contributed by atoms with E-state index in [4.69, 9.17) is 4.74 Å². The van der Waals surface area contributed by atoms with Gasteiger partial charge in [-0.15, -0.1) is 0 Å². The predicted molar refractivity (Wildman–Crippen MR) is 93.8 cm³/mol. The number of nitrogens with zero attached hydrogens (tertiary/aromatic N) is 4. The van der Waals surface area contributed by atoms with Crippen LogP contribution in [-0.4, -0.2) is 61.0 Å². The highest BCUT2D eigenvalue weighted by molar-refractivity contribution is 5.80. The zero-order valence-electron chi connectivity index (χ0n) is 15.2. The van der Waals surface area contributed by atoms with Gasteiger partial charge >= 0.3 is 0 Å². The molecule has 1 aromatic heterocycles. The zero-order chi connectivity index (χ0) is 16.8. The summed E-state index contributed by atoms with van der Waals surface area (Å²) in [5.74, 6) is 2.11. The number of ether oxygens (including phenoxy) is 1. The van der Waals surface area contributed by atoms with E-state index in [1.807, 2.05) is 14.0 Å². The topological polar surface area (TPSA) is 54.7 Å². The maximum Gasteiger partial charge on any atom is 0.193 e. The van der Waals surface area contributed by atoms with Gasteiger partial charge in [0.25, 0.3) is 0 Å². The van der Waals surface area contributed by atoms with Crippen LogP contribution in [0.2, 0.25) is 0 Å². The Balaban J connectivity index is 1.80. The molecule has 6 heteroatoms. The van der Waals surface area contributed by atoms with Gasteiger partial charge in [0.1, 0.15) is 0 Å². The summed E-state index contributed by atoms with van der Waals surface area (Å²) in [6, 6.07) is 2.12. The normalized spacial score (nSPS) is 20.1. The van der Waals surface area contributed by atoms with E-state index in [-0.39, 0.29) is 0 Å². The number of hydrogen-bond donors (Lipinski definition) is 1. The molecule has 0 spiro atoms. The van der Waals surface area contributed by atoms with Gasteiger partial charge in [-0.2, -0.15) is 5.10 Å². The zero-order valence-corrected chi connectivity index (χ0v) is 15.2. The first-order valence-electron chi connectivity index (χ1n) is 8.49. The molecule has 2 unspecified atom stereocenters. The first-order chi connectivity index (χ1) is 11.0. The summed E-state index contributed by atoms with van der Waals surface area (Å²) >= 11 is 0. The molecular weight excluding hydrogens is 290 g/mol. The van der Waals surface area contributed by atoms with E-state index < -0.39 is 0 Å². The minimum Gasteiger partial charge on any atom is -0.384 e. The van der Waals surface area contributed by atoms with Crippen LogP contribution in [0.3, 0.4) is 0 Å². The highest BCUT2D eigenvalue weighted by atomic mass is 16.5. The number of likely N-dealkylation sites (tertiary alicyclic amines) is 1. The fourth-order valence-electron chi connectivity index (χ4n) is 3.21. The third kappa shape index (κ3) is 4.96. The van der Waals surface area contributed by atoms with Gasteiger partial charge in [0.05, 0.1) is 12.3 Å². The second kappa shape index (κ2) is 8.34. The molecule has 1 aromatic rings. The van der Waals surface area contributed by atoms with Crippen molar-refractivity contribution in [2.24, 2.45) is 16.8 Å². The number of guanidine groups is 1. The average molecular weight is 321 g/mol. The Bertz CT molecular complexity index is 525. The van der Waals surface area contributed by atoms with Crippen molar-refractivity contribution in [3.63, 3.8) is 0 Å². The van der Waals surface area contributed by atoms with Crippen LogP contribution >= 0.6 is 0 Å². The van der Waals surface area contributed by atoms with Crippen molar-refractivity contribution in [2.75, 3.05) is 40.4 Å². The molecule has 6 nitrogen and oxygen atoms in total. The highest BCUT2D eigenvalue weighted by Crippen LogP contribution is 2.16. The number of hydrogen-bond acceptors (Lipinski definition) is 3. The maximum atomic E-state index is 5.27. The summed E-state index contributed by atoms with van der Waals surface area (Å²) in [4.78, 5) is 6.77. The lowest BCUT2D eigenvalue weighted by Crippen LogP contribution is -2.42. The van der Waals surface area contributed by atoms with E-state index in [0.717, 1.165) is 44.4 Å². The Labute approximate surface area is 139 Å². The lowest BCUT2D eigenvalue weighted by Gasteiger charge is -2.23. The number of aliphatic imine (C=N–C) groups is 1. The predicted octanol–water partition coefficient (Wildman–Crippen LogP) is 1.68. The van der Waals surface area contributed by atoms with Crippen molar-refractivity contribution in [3.8, 4) is 0 Å². The van der Waals surface area contributed by atoms with Gasteiger partial charge in [-0.1, -0.05) is 6.92 Å². The van der Waals surface area contributed by atoms with Crippen LogP contribution in [0.5, 0.6) is 0 Å².